The van der Waals surface area contributed by atoms with E-state index in [1.54, 1.807) is 29.2 Å². The lowest BCUT2D eigenvalue weighted by molar-refractivity contribution is 0.0753. The lowest BCUT2D eigenvalue weighted by atomic mass is 10.1. The zero-order valence-corrected chi connectivity index (χ0v) is 13.1. The number of ether oxygens (including phenoxy) is 1. The molecule has 0 bridgehead atoms. The molecule has 0 radical (unpaired) electrons. The number of halogens is 1. The smallest absolute Gasteiger partial charge is 0.257 e. The summed E-state index contributed by atoms with van der Waals surface area (Å²) in [5.74, 6) is 0.0136. The van der Waals surface area contributed by atoms with Crippen LogP contribution >= 0.6 is 0 Å². The van der Waals surface area contributed by atoms with Crippen LogP contribution in [0.5, 0.6) is 5.88 Å². The number of hydrogen-bond acceptors (Lipinski definition) is 4. The molecule has 1 aromatic carbocycles. The van der Waals surface area contributed by atoms with Crippen LogP contribution in [0.1, 0.15) is 15.9 Å². The van der Waals surface area contributed by atoms with Gasteiger partial charge in [0.25, 0.3) is 5.91 Å². The highest BCUT2D eigenvalue weighted by Crippen LogP contribution is 2.27. The van der Waals surface area contributed by atoms with E-state index < -0.39 is 0 Å². The third-order valence-electron chi connectivity index (χ3n) is 4.02. The Labute approximate surface area is 134 Å². The summed E-state index contributed by atoms with van der Waals surface area (Å²) in [4.78, 5) is 20.6. The minimum absolute atomic E-state index is 0.150. The molecule has 1 aromatic heterocycles. The molecular formula is C17H18FN3O2. The first-order valence-corrected chi connectivity index (χ1v) is 7.38. The van der Waals surface area contributed by atoms with Crippen molar-refractivity contribution < 1.29 is 13.9 Å². The maximum Gasteiger partial charge on any atom is 0.257 e. The lowest BCUT2D eigenvalue weighted by Gasteiger charge is -2.21. The standard InChI is InChI=1S/C17H18FN3O2/c1-20-7-8-21(11-12-5-3-4-6-14(12)18)17(22)13-10-19-16(23-2)9-15(13)20/h3-6,9-10H,7-8,11H2,1-2H3. The van der Waals surface area contributed by atoms with E-state index in [0.29, 0.717) is 30.1 Å². The summed E-state index contributed by atoms with van der Waals surface area (Å²) < 4.78 is 19.0. The Balaban J connectivity index is 1.93. The predicted molar refractivity (Wildman–Crippen MR) is 85.2 cm³/mol. The number of hydrogen-bond donors (Lipinski definition) is 0. The number of anilines is 1. The molecule has 1 aliphatic rings. The van der Waals surface area contributed by atoms with Crippen molar-refractivity contribution in [2.75, 3.05) is 32.1 Å². The number of pyridine rings is 1. The van der Waals surface area contributed by atoms with E-state index in [0.717, 1.165) is 5.69 Å². The van der Waals surface area contributed by atoms with Gasteiger partial charge in [0.2, 0.25) is 5.88 Å². The van der Waals surface area contributed by atoms with Gasteiger partial charge in [0.15, 0.2) is 0 Å². The van der Waals surface area contributed by atoms with Crippen molar-refractivity contribution in [1.29, 1.82) is 0 Å². The van der Waals surface area contributed by atoms with Crippen molar-refractivity contribution in [3.05, 3.63) is 53.5 Å². The molecule has 0 atom stereocenters. The molecule has 0 saturated heterocycles. The van der Waals surface area contributed by atoms with Crippen LogP contribution in [0, 0.1) is 5.82 Å². The maximum absolute atomic E-state index is 13.9. The van der Waals surface area contributed by atoms with Crippen molar-refractivity contribution in [3.63, 3.8) is 0 Å². The number of aromatic nitrogens is 1. The topological polar surface area (TPSA) is 45.7 Å². The zero-order chi connectivity index (χ0) is 16.4. The summed E-state index contributed by atoms with van der Waals surface area (Å²) in [5.41, 5.74) is 1.79. The van der Waals surface area contributed by atoms with Crippen LogP contribution in [0.25, 0.3) is 0 Å². The number of benzene rings is 1. The Kier molecular flexibility index (Phi) is 4.14. The van der Waals surface area contributed by atoms with Gasteiger partial charge in [-0.15, -0.1) is 0 Å². The van der Waals surface area contributed by atoms with Gasteiger partial charge in [-0.25, -0.2) is 9.37 Å². The predicted octanol–water partition coefficient (Wildman–Crippen LogP) is 2.32. The second kappa shape index (κ2) is 6.24. The van der Waals surface area contributed by atoms with Gasteiger partial charge in [0.05, 0.1) is 18.4 Å². The first kappa shape index (κ1) is 15.3. The molecule has 1 amide bonds. The average Bonchev–Trinajstić information content (AvgIpc) is 2.68. The number of carbonyl (C=O) groups is 1. The quantitative estimate of drug-likeness (QED) is 0.872. The first-order valence-electron chi connectivity index (χ1n) is 7.38. The van der Waals surface area contributed by atoms with E-state index in [1.807, 2.05) is 11.9 Å². The van der Waals surface area contributed by atoms with Crippen molar-refractivity contribution in [2.24, 2.45) is 0 Å². The highest BCUT2D eigenvalue weighted by Gasteiger charge is 2.26. The third kappa shape index (κ3) is 2.97. The fourth-order valence-electron chi connectivity index (χ4n) is 2.66. The second-order valence-electron chi connectivity index (χ2n) is 5.48. The van der Waals surface area contributed by atoms with Crippen LogP contribution in [0.4, 0.5) is 10.1 Å². The summed E-state index contributed by atoms with van der Waals surface area (Å²) in [5, 5.41) is 0. The number of rotatable bonds is 3. The Bertz CT molecular complexity index is 736. The Morgan fingerprint density at radius 3 is 2.83 bits per heavy atom. The van der Waals surface area contributed by atoms with Gasteiger partial charge in [-0.2, -0.15) is 0 Å². The van der Waals surface area contributed by atoms with E-state index in [1.165, 1.54) is 19.4 Å². The van der Waals surface area contributed by atoms with Crippen molar-refractivity contribution >= 4 is 11.6 Å². The van der Waals surface area contributed by atoms with Gasteiger partial charge in [0, 0.05) is 44.5 Å². The van der Waals surface area contributed by atoms with E-state index in [9.17, 15) is 9.18 Å². The SMILES string of the molecule is COc1cc2c(cn1)C(=O)N(Cc1ccccc1F)CCN2C. The zero-order valence-electron chi connectivity index (χ0n) is 13.1. The first-order chi connectivity index (χ1) is 11.1. The van der Waals surface area contributed by atoms with Crippen molar-refractivity contribution in [1.82, 2.24) is 9.88 Å². The fourth-order valence-corrected chi connectivity index (χ4v) is 2.66. The molecule has 1 aliphatic heterocycles. The largest absolute Gasteiger partial charge is 0.481 e. The van der Waals surface area contributed by atoms with Crippen LogP contribution in [-0.4, -0.2) is 43.0 Å². The molecule has 0 fully saturated rings. The summed E-state index contributed by atoms with van der Waals surface area (Å²) >= 11 is 0. The van der Waals surface area contributed by atoms with Gasteiger partial charge in [-0.05, 0) is 6.07 Å². The fraction of sp³-hybridized carbons (Fsp3) is 0.294. The molecule has 0 saturated carbocycles. The van der Waals surface area contributed by atoms with Crippen LogP contribution in [-0.2, 0) is 6.54 Å². The molecule has 5 nitrogen and oxygen atoms in total. The van der Waals surface area contributed by atoms with E-state index >= 15 is 0 Å². The Hall–Kier alpha value is -2.63. The number of likely N-dealkylation sites (N-methyl/N-ethyl adjacent to an activating group) is 1. The monoisotopic (exact) mass is 315 g/mol. The van der Waals surface area contributed by atoms with E-state index in [4.69, 9.17) is 4.74 Å². The minimum Gasteiger partial charge on any atom is -0.481 e. The Morgan fingerprint density at radius 2 is 2.09 bits per heavy atom. The molecule has 2 aromatic rings. The number of fused-ring (bicyclic) bond motifs is 1. The van der Waals surface area contributed by atoms with Gasteiger partial charge in [0.1, 0.15) is 5.82 Å². The molecule has 0 unspecified atom stereocenters. The molecule has 0 aliphatic carbocycles. The van der Waals surface area contributed by atoms with Gasteiger partial charge in [-0.1, -0.05) is 18.2 Å². The molecule has 2 heterocycles. The van der Waals surface area contributed by atoms with Crippen LogP contribution in [0.2, 0.25) is 0 Å². The van der Waals surface area contributed by atoms with Crippen molar-refractivity contribution in [3.8, 4) is 5.88 Å². The van der Waals surface area contributed by atoms with Crippen molar-refractivity contribution in [2.45, 2.75) is 6.54 Å². The number of nitrogens with zero attached hydrogens (tertiary/aromatic N) is 3. The molecule has 120 valence electrons. The Morgan fingerprint density at radius 1 is 1.30 bits per heavy atom. The lowest BCUT2D eigenvalue weighted by Crippen LogP contribution is -2.33. The average molecular weight is 315 g/mol. The highest BCUT2D eigenvalue weighted by atomic mass is 19.1. The van der Waals surface area contributed by atoms with Gasteiger partial charge in [-0.3, -0.25) is 4.79 Å². The molecule has 0 N–H and O–H groups in total. The molecule has 23 heavy (non-hydrogen) atoms. The van der Waals surface area contributed by atoms with Gasteiger partial charge < -0.3 is 14.5 Å². The van der Waals surface area contributed by atoms with Crippen LogP contribution < -0.4 is 9.64 Å². The van der Waals surface area contributed by atoms with Gasteiger partial charge >= 0.3 is 0 Å². The maximum atomic E-state index is 13.9. The summed E-state index contributed by atoms with van der Waals surface area (Å²) in [6, 6.07) is 8.27. The molecule has 6 heteroatoms. The molecule has 3 rings (SSSR count). The summed E-state index contributed by atoms with van der Waals surface area (Å²) in [6.45, 7) is 1.41. The summed E-state index contributed by atoms with van der Waals surface area (Å²) in [6.07, 6.45) is 1.52. The number of carbonyl (C=O) groups excluding carboxylic acids is 1. The molecular weight excluding hydrogens is 297 g/mol. The number of amides is 1. The normalized spacial score (nSPS) is 14.5. The highest BCUT2D eigenvalue weighted by molar-refractivity contribution is 6.00. The van der Waals surface area contributed by atoms with E-state index in [-0.39, 0.29) is 18.3 Å². The third-order valence-corrected chi connectivity index (χ3v) is 4.02. The minimum atomic E-state index is -0.300. The van der Waals surface area contributed by atoms with Crippen LogP contribution in [0.3, 0.4) is 0 Å². The number of methoxy groups -OCH3 is 1. The second-order valence-corrected chi connectivity index (χ2v) is 5.48. The van der Waals surface area contributed by atoms with Crippen LogP contribution in [0.15, 0.2) is 36.5 Å². The summed E-state index contributed by atoms with van der Waals surface area (Å²) in [7, 11) is 3.45. The molecule has 0 spiro atoms. The van der Waals surface area contributed by atoms with E-state index in [2.05, 4.69) is 4.98 Å².